The molecule has 0 aromatic heterocycles. The van der Waals surface area contributed by atoms with Gasteiger partial charge in [-0.2, -0.15) is 0 Å². The molecule has 2 aromatic carbocycles. The summed E-state index contributed by atoms with van der Waals surface area (Å²) in [6, 6.07) is 9.33. The summed E-state index contributed by atoms with van der Waals surface area (Å²) in [4.78, 5) is 12.0. The van der Waals surface area contributed by atoms with E-state index >= 15 is 0 Å². The highest BCUT2D eigenvalue weighted by Gasteiger charge is 2.17. The lowest BCUT2D eigenvalue weighted by Gasteiger charge is -2.10. The maximum atomic E-state index is 12.2. The van der Waals surface area contributed by atoms with Crippen molar-refractivity contribution in [2.45, 2.75) is 11.3 Å². The van der Waals surface area contributed by atoms with Crippen molar-refractivity contribution in [3.05, 3.63) is 50.9 Å². The van der Waals surface area contributed by atoms with Crippen LogP contribution in [0.2, 0.25) is 10.0 Å². The van der Waals surface area contributed by atoms with Crippen molar-refractivity contribution in [3.63, 3.8) is 0 Å². The van der Waals surface area contributed by atoms with Crippen molar-refractivity contribution in [1.29, 1.82) is 0 Å². The molecule has 0 saturated carbocycles. The Morgan fingerprint density at radius 2 is 1.76 bits per heavy atom. The molecule has 4 N–H and O–H groups in total. The predicted octanol–water partition coefficient (Wildman–Crippen LogP) is 3.65. The number of nitrogen functional groups attached to an aromatic ring is 1. The largest absolute Gasteiger partial charge is 0.396 e. The number of nitrogens with two attached hydrogens (primary N) is 1. The normalized spacial score (nSPS) is 11.3. The van der Waals surface area contributed by atoms with Crippen LogP contribution >= 0.6 is 39.1 Å². The molecule has 0 aliphatic heterocycles. The summed E-state index contributed by atoms with van der Waals surface area (Å²) in [6.45, 7) is -0.0636. The standard InChI is InChI=1S/C15H14BrCl2N3O3S/c16-10-3-1-2-4-13(10)25(23,24)20-6-5-14(22)21-9-7-11(17)15(19)12(18)8-9/h1-4,7-8,20H,5-6,19H2,(H,21,22). The van der Waals surface area contributed by atoms with Crippen LogP contribution in [0, 0.1) is 0 Å². The first-order chi connectivity index (χ1) is 11.7. The van der Waals surface area contributed by atoms with E-state index in [4.69, 9.17) is 28.9 Å². The van der Waals surface area contributed by atoms with E-state index in [9.17, 15) is 13.2 Å². The fourth-order valence-electron chi connectivity index (χ4n) is 1.92. The molecule has 134 valence electrons. The molecular weight excluding hydrogens is 453 g/mol. The second kappa shape index (κ2) is 8.37. The second-order valence-corrected chi connectivity index (χ2v) is 8.38. The molecule has 6 nitrogen and oxygen atoms in total. The van der Waals surface area contributed by atoms with Gasteiger partial charge in [0.25, 0.3) is 0 Å². The van der Waals surface area contributed by atoms with Gasteiger partial charge in [0.1, 0.15) is 0 Å². The molecule has 2 rings (SSSR count). The molecule has 0 saturated heterocycles. The van der Waals surface area contributed by atoms with Gasteiger partial charge < -0.3 is 11.1 Å². The van der Waals surface area contributed by atoms with Crippen LogP contribution in [0.25, 0.3) is 0 Å². The SMILES string of the molecule is Nc1c(Cl)cc(NC(=O)CCNS(=O)(=O)c2ccccc2Br)cc1Cl. The highest BCUT2D eigenvalue weighted by molar-refractivity contribution is 9.10. The number of anilines is 2. The Bertz CT molecular complexity index is 884. The van der Waals surface area contributed by atoms with E-state index < -0.39 is 15.9 Å². The third-order valence-corrected chi connectivity index (χ3v) is 6.23. The summed E-state index contributed by atoms with van der Waals surface area (Å²) in [7, 11) is -3.71. The minimum absolute atomic E-state index is 0.0636. The number of rotatable bonds is 6. The lowest BCUT2D eigenvalue weighted by Crippen LogP contribution is -2.28. The molecule has 25 heavy (non-hydrogen) atoms. The average Bonchev–Trinajstić information content (AvgIpc) is 2.52. The fourth-order valence-corrected chi connectivity index (χ4v) is 4.44. The molecule has 0 fully saturated rings. The van der Waals surface area contributed by atoms with Gasteiger partial charge in [-0.15, -0.1) is 0 Å². The van der Waals surface area contributed by atoms with Crippen LogP contribution in [0.3, 0.4) is 0 Å². The quantitative estimate of drug-likeness (QED) is 0.565. The topological polar surface area (TPSA) is 101 Å². The first-order valence-electron chi connectivity index (χ1n) is 6.99. The highest BCUT2D eigenvalue weighted by atomic mass is 79.9. The van der Waals surface area contributed by atoms with Crippen LogP contribution in [0.4, 0.5) is 11.4 Å². The van der Waals surface area contributed by atoms with Gasteiger partial charge in [0.05, 0.1) is 20.6 Å². The molecule has 10 heteroatoms. The molecule has 1 amide bonds. The van der Waals surface area contributed by atoms with Crippen LogP contribution < -0.4 is 15.8 Å². The van der Waals surface area contributed by atoms with E-state index in [1.54, 1.807) is 18.2 Å². The molecule has 0 spiro atoms. The average molecular weight is 467 g/mol. The Kier molecular flexibility index (Phi) is 6.70. The molecule has 0 atom stereocenters. The van der Waals surface area contributed by atoms with Crippen LogP contribution in [0.5, 0.6) is 0 Å². The zero-order valence-electron chi connectivity index (χ0n) is 12.7. The zero-order valence-corrected chi connectivity index (χ0v) is 16.6. The number of halogens is 3. The lowest BCUT2D eigenvalue weighted by atomic mass is 10.2. The Balaban J connectivity index is 1.94. The molecule has 0 unspecified atom stereocenters. The summed E-state index contributed by atoms with van der Waals surface area (Å²) in [5, 5.41) is 3.02. The molecule has 0 aliphatic rings. The highest BCUT2D eigenvalue weighted by Crippen LogP contribution is 2.31. The van der Waals surface area contributed by atoms with Gasteiger partial charge in [0.15, 0.2) is 0 Å². The number of sulfonamides is 1. The van der Waals surface area contributed by atoms with E-state index in [1.165, 1.54) is 18.2 Å². The summed E-state index contributed by atoms with van der Waals surface area (Å²) >= 11 is 15.0. The van der Waals surface area contributed by atoms with Crippen molar-refractivity contribution < 1.29 is 13.2 Å². The van der Waals surface area contributed by atoms with Crippen LogP contribution in [0.1, 0.15) is 6.42 Å². The Labute approximate surface area is 163 Å². The molecular formula is C15H14BrCl2N3O3S. The van der Waals surface area contributed by atoms with Gasteiger partial charge in [-0.1, -0.05) is 35.3 Å². The van der Waals surface area contributed by atoms with Gasteiger partial charge in [0, 0.05) is 23.1 Å². The number of benzene rings is 2. The van der Waals surface area contributed by atoms with Crippen molar-refractivity contribution in [3.8, 4) is 0 Å². The monoisotopic (exact) mass is 465 g/mol. The smallest absolute Gasteiger partial charge is 0.241 e. The summed E-state index contributed by atoms with van der Waals surface area (Å²) < 4.78 is 27.2. The first-order valence-corrected chi connectivity index (χ1v) is 10.0. The van der Waals surface area contributed by atoms with Crippen LogP contribution in [-0.2, 0) is 14.8 Å². The van der Waals surface area contributed by atoms with Crippen molar-refractivity contribution in [2.24, 2.45) is 0 Å². The van der Waals surface area contributed by atoms with E-state index in [2.05, 4.69) is 26.0 Å². The van der Waals surface area contributed by atoms with E-state index in [1.807, 2.05) is 0 Å². The van der Waals surface area contributed by atoms with Crippen LogP contribution in [0.15, 0.2) is 45.8 Å². The number of hydrogen-bond acceptors (Lipinski definition) is 4. The summed E-state index contributed by atoms with van der Waals surface area (Å²) in [6.07, 6.45) is -0.0662. The van der Waals surface area contributed by atoms with E-state index in [0.717, 1.165) is 0 Å². The summed E-state index contributed by atoms with van der Waals surface area (Å²) in [5.74, 6) is -0.397. The zero-order chi connectivity index (χ0) is 18.6. The molecule has 0 aliphatic carbocycles. The number of carbonyl (C=O) groups is 1. The third kappa shape index (κ3) is 5.32. The predicted molar refractivity (Wildman–Crippen MR) is 103 cm³/mol. The molecule has 0 radical (unpaired) electrons. The van der Waals surface area contributed by atoms with E-state index in [-0.39, 0.29) is 33.6 Å². The minimum Gasteiger partial charge on any atom is -0.396 e. The number of nitrogens with one attached hydrogen (secondary N) is 2. The molecule has 2 aromatic rings. The Morgan fingerprint density at radius 3 is 2.36 bits per heavy atom. The number of amides is 1. The molecule has 0 bridgehead atoms. The van der Waals surface area contributed by atoms with E-state index in [0.29, 0.717) is 10.2 Å². The van der Waals surface area contributed by atoms with Crippen molar-refractivity contribution in [2.75, 3.05) is 17.6 Å². The van der Waals surface area contributed by atoms with Gasteiger partial charge in [-0.05, 0) is 40.2 Å². The maximum absolute atomic E-state index is 12.2. The van der Waals surface area contributed by atoms with Gasteiger partial charge >= 0.3 is 0 Å². The van der Waals surface area contributed by atoms with Crippen molar-refractivity contribution in [1.82, 2.24) is 4.72 Å². The number of hydrogen-bond donors (Lipinski definition) is 3. The fraction of sp³-hybridized carbons (Fsp3) is 0.133. The lowest BCUT2D eigenvalue weighted by molar-refractivity contribution is -0.116. The maximum Gasteiger partial charge on any atom is 0.241 e. The minimum atomic E-state index is -3.71. The molecule has 0 heterocycles. The van der Waals surface area contributed by atoms with Crippen LogP contribution in [-0.4, -0.2) is 20.9 Å². The number of carbonyl (C=O) groups excluding carboxylic acids is 1. The first kappa shape index (κ1) is 20.0. The Morgan fingerprint density at radius 1 is 1.16 bits per heavy atom. The third-order valence-electron chi connectivity index (χ3n) is 3.13. The second-order valence-electron chi connectivity index (χ2n) is 4.98. The van der Waals surface area contributed by atoms with Gasteiger partial charge in [-0.25, -0.2) is 13.1 Å². The van der Waals surface area contributed by atoms with Gasteiger partial charge in [0.2, 0.25) is 15.9 Å². The van der Waals surface area contributed by atoms with Gasteiger partial charge in [-0.3, -0.25) is 4.79 Å². The Hall–Kier alpha value is -1.32. The van der Waals surface area contributed by atoms with Crippen molar-refractivity contribution >= 4 is 66.4 Å². The summed E-state index contributed by atoms with van der Waals surface area (Å²) in [5.41, 5.74) is 6.22.